The second-order valence-electron chi connectivity index (χ2n) is 5.83. The molecule has 24 heavy (non-hydrogen) atoms. The average Bonchev–Trinajstić information content (AvgIpc) is 2.60. The van der Waals surface area contributed by atoms with Crippen LogP contribution in [0, 0.1) is 0 Å². The molecule has 0 saturated heterocycles. The van der Waals surface area contributed by atoms with Crippen molar-refractivity contribution in [2.45, 2.75) is 25.7 Å². The fraction of sp³-hybridized carbons (Fsp3) is 0.263. The molecule has 0 fully saturated rings. The standard InChI is InChI=1S/C19H19ClN2OS/c20-16-9-3-1-6-14(16)11-12-18(23)21-19(24)22-13-5-8-15-7-2-4-10-17(15)22/h1-4,6-7,9-10H,5,8,11-13H2,(H,21,23,24). The average molecular weight is 359 g/mol. The SMILES string of the molecule is O=C(CCc1ccccc1Cl)NC(=S)N1CCCc2ccccc21. The molecule has 0 bridgehead atoms. The normalized spacial score (nSPS) is 13.3. The number of thiocarbonyl (C=S) groups is 1. The Morgan fingerprint density at radius 2 is 1.92 bits per heavy atom. The zero-order chi connectivity index (χ0) is 16.9. The minimum atomic E-state index is -0.0806. The van der Waals surface area contributed by atoms with Gasteiger partial charge in [0, 0.05) is 23.7 Å². The van der Waals surface area contributed by atoms with E-state index in [1.54, 1.807) is 0 Å². The summed E-state index contributed by atoms with van der Waals surface area (Å²) in [6.45, 7) is 0.834. The second-order valence-corrected chi connectivity index (χ2v) is 6.62. The zero-order valence-corrected chi connectivity index (χ0v) is 14.9. The number of amides is 1. The van der Waals surface area contributed by atoms with Gasteiger partial charge in [-0.1, -0.05) is 48.0 Å². The second kappa shape index (κ2) is 7.77. The van der Waals surface area contributed by atoms with Crippen molar-refractivity contribution in [1.82, 2.24) is 5.32 Å². The topological polar surface area (TPSA) is 32.3 Å². The summed E-state index contributed by atoms with van der Waals surface area (Å²) in [6.07, 6.45) is 3.05. The van der Waals surface area contributed by atoms with Crippen LogP contribution in [0.3, 0.4) is 0 Å². The molecule has 3 nitrogen and oxygen atoms in total. The highest BCUT2D eigenvalue weighted by atomic mass is 35.5. The summed E-state index contributed by atoms with van der Waals surface area (Å²) in [5.74, 6) is -0.0806. The Morgan fingerprint density at radius 3 is 2.75 bits per heavy atom. The van der Waals surface area contributed by atoms with Gasteiger partial charge in [0.2, 0.25) is 5.91 Å². The highest BCUT2D eigenvalue weighted by Gasteiger charge is 2.20. The Balaban J connectivity index is 1.59. The quantitative estimate of drug-likeness (QED) is 0.837. The molecule has 0 aliphatic carbocycles. The third-order valence-corrected chi connectivity index (χ3v) is 4.87. The van der Waals surface area contributed by atoms with Crippen LogP contribution in [0.25, 0.3) is 0 Å². The maximum Gasteiger partial charge on any atom is 0.226 e. The number of carbonyl (C=O) groups is 1. The van der Waals surface area contributed by atoms with Crippen molar-refractivity contribution >= 4 is 40.5 Å². The molecule has 1 N–H and O–H groups in total. The summed E-state index contributed by atoms with van der Waals surface area (Å²) in [4.78, 5) is 14.2. The lowest BCUT2D eigenvalue weighted by molar-refractivity contribution is -0.119. The summed E-state index contributed by atoms with van der Waals surface area (Å²) in [5.41, 5.74) is 3.35. The van der Waals surface area contributed by atoms with E-state index >= 15 is 0 Å². The first-order valence-electron chi connectivity index (χ1n) is 8.08. The summed E-state index contributed by atoms with van der Waals surface area (Å²) in [6, 6.07) is 15.8. The fourth-order valence-corrected chi connectivity index (χ4v) is 3.48. The van der Waals surface area contributed by atoms with Crippen LogP contribution >= 0.6 is 23.8 Å². The molecule has 0 saturated carbocycles. The number of para-hydroxylation sites is 1. The van der Waals surface area contributed by atoms with Crippen LogP contribution < -0.4 is 10.2 Å². The van der Waals surface area contributed by atoms with E-state index in [-0.39, 0.29) is 5.91 Å². The number of nitrogens with one attached hydrogen (secondary N) is 1. The molecule has 1 aliphatic heterocycles. The molecule has 124 valence electrons. The highest BCUT2D eigenvalue weighted by Crippen LogP contribution is 2.26. The number of hydrogen-bond donors (Lipinski definition) is 1. The van der Waals surface area contributed by atoms with Crippen LogP contribution in [0.5, 0.6) is 0 Å². The van der Waals surface area contributed by atoms with Gasteiger partial charge in [-0.3, -0.25) is 4.79 Å². The zero-order valence-electron chi connectivity index (χ0n) is 13.3. The van der Waals surface area contributed by atoms with E-state index in [0.717, 1.165) is 30.6 Å². The monoisotopic (exact) mass is 358 g/mol. The molecular formula is C19H19ClN2OS. The van der Waals surface area contributed by atoms with Crippen molar-refractivity contribution in [2.24, 2.45) is 0 Å². The number of anilines is 1. The Bertz CT molecular complexity index is 763. The minimum Gasteiger partial charge on any atom is -0.318 e. The van der Waals surface area contributed by atoms with E-state index in [1.165, 1.54) is 5.56 Å². The lowest BCUT2D eigenvalue weighted by Gasteiger charge is -2.31. The summed E-state index contributed by atoms with van der Waals surface area (Å²) in [5, 5.41) is 4.03. The smallest absolute Gasteiger partial charge is 0.226 e. The maximum absolute atomic E-state index is 12.2. The van der Waals surface area contributed by atoms with Gasteiger partial charge in [-0.2, -0.15) is 0 Å². The van der Waals surface area contributed by atoms with Crippen LogP contribution in [-0.4, -0.2) is 17.6 Å². The van der Waals surface area contributed by atoms with Crippen molar-refractivity contribution in [3.05, 3.63) is 64.7 Å². The number of rotatable bonds is 3. The van der Waals surface area contributed by atoms with Gasteiger partial charge in [0.05, 0.1) is 0 Å². The van der Waals surface area contributed by atoms with Crippen LogP contribution in [-0.2, 0) is 17.6 Å². The molecule has 0 unspecified atom stereocenters. The Labute approximate surface area is 152 Å². The first-order chi connectivity index (χ1) is 11.6. The molecular weight excluding hydrogens is 340 g/mol. The molecule has 3 rings (SSSR count). The van der Waals surface area contributed by atoms with E-state index < -0.39 is 0 Å². The number of hydrogen-bond acceptors (Lipinski definition) is 2. The molecule has 0 aromatic heterocycles. The van der Waals surface area contributed by atoms with E-state index in [4.69, 9.17) is 23.8 Å². The van der Waals surface area contributed by atoms with Gasteiger partial charge in [-0.25, -0.2) is 0 Å². The van der Waals surface area contributed by atoms with Crippen molar-refractivity contribution in [1.29, 1.82) is 0 Å². The molecule has 2 aromatic rings. The van der Waals surface area contributed by atoms with E-state index in [0.29, 0.717) is 23.0 Å². The Kier molecular flexibility index (Phi) is 5.48. The summed E-state index contributed by atoms with van der Waals surface area (Å²) < 4.78 is 0. The predicted molar refractivity (Wildman–Crippen MR) is 103 cm³/mol. The highest BCUT2D eigenvalue weighted by molar-refractivity contribution is 7.80. The number of benzene rings is 2. The van der Waals surface area contributed by atoms with E-state index in [1.807, 2.05) is 41.3 Å². The first kappa shape index (κ1) is 16.9. The van der Waals surface area contributed by atoms with E-state index in [2.05, 4.69) is 17.4 Å². The van der Waals surface area contributed by atoms with Gasteiger partial charge in [0.15, 0.2) is 5.11 Å². The molecule has 0 radical (unpaired) electrons. The first-order valence-corrected chi connectivity index (χ1v) is 8.86. The Hall–Kier alpha value is -1.91. The van der Waals surface area contributed by atoms with Crippen molar-refractivity contribution in [2.75, 3.05) is 11.4 Å². The van der Waals surface area contributed by atoms with Crippen LogP contribution in [0.1, 0.15) is 24.0 Å². The lowest BCUT2D eigenvalue weighted by Crippen LogP contribution is -2.45. The van der Waals surface area contributed by atoms with Gasteiger partial charge in [-0.05, 0) is 54.7 Å². The van der Waals surface area contributed by atoms with Crippen LogP contribution in [0.2, 0.25) is 5.02 Å². The minimum absolute atomic E-state index is 0.0806. The molecule has 1 heterocycles. The number of halogens is 1. The van der Waals surface area contributed by atoms with Gasteiger partial charge in [-0.15, -0.1) is 0 Å². The van der Waals surface area contributed by atoms with Crippen LogP contribution in [0.4, 0.5) is 5.69 Å². The fourth-order valence-electron chi connectivity index (χ4n) is 2.94. The number of nitrogens with zero attached hydrogens (tertiary/aromatic N) is 1. The number of carbonyl (C=O) groups excluding carboxylic acids is 1. The van der Waals surface area contributed by atoms with Gasteiger partial charge >= 0.3 is 0 Å². The lowest BCUT2D eigenvalue weighted by atomic mass is 10.0. The summed E-state index contributed by atoms with van der Waals surface area (Å²) in [7, 11) is 0. The van der Waals surface area contributed by atoms with Crippen molar-refractivity contribution < 1.29 is 4.79 Å². The van der Waals surface area contributed by atoms with E-state index in [9.17, 15) is 4.79 Å². The summed E-state index contributed by atoms with van der Waals surface area (Å²) >= 11 is 11.6. The molecule has 1 amide bonds. The van der Waals surface area contributed by atoms with Gasteiger partial charge in [0.1, 0.15) is 0 Å². The van der Waals surface area contributed by atoms with Crippen molar-refractivity contribution in [3.8, 4) is 0 Å². The molecule has 0 spiro atoms. The van der Waals surface area contributed by atoms with Crippen LogP contribution in [0.15, 0.2) is 48.5 Å². The number of fused-ring (bicyclic) bond motifs is 1. The third-order valence-electron chi connectivity index (χ3n) is 4.18. The van der Waals surface area contributed by atoms with Gasteiger partial charge < -0.3 is 10.2 Å². The predicted octanol–water partition coefficient (Wildman–Crippen LogP) is 4.13. The third kappa shape index (κ3) is 3.94. The largest absolute Gasteiger partial charge is 0.318 e. The Morgan fingerprint density at radius 1 is 1.17 bits per heavy atom. The molecule has 2 aromatic carbocycles. The molecule has 0 atom stereocenters. The molecule has 1 aliphatic rings. The maximum atomic E-state index is 12.2. The van der Waals surface area contributed by atoms with Gasteiger partial charge in [0.25, 0.3) is 0 Å². The molecule has 5 heteroatoms. The number of aryl methyl sites for hydroxylation is 2. The van der Waals surface area contributed by atoms with Crippen molar-refractivity contribution in [3.63, 3.8) is 0 Å².